The molecule has 4 nitrogen and oxygen atoms in total. The third-order valence-electron chi connectivity index (χ3n) is 4.40. The lowest BCUT2D eigenvalue weighted by Gasteiger charge is -2.35. The Morgan fingerprint density at radius 1 is 0.870 bits per heavy atom. The van der Waals surface area contributed by atoms with Crippen molar-refractivity contribution in [2.45, 2.75) is 12.6 Å². The van der Waals surface area contributed by atoms with Gasteiger partial charge in [-0.05, 0) is 23.3 Å². The number of benzene rings is 2. The van der Waals surface area contributed by atoms with E-state index in [-0.39, 0.29) is 0 Å². The third kappa shape index (κ3) is 4.55. The highest BCUT2D eigenvalue weighted by atomic mass is 16.3. The summed E-state index contributed by atoms with van der Waals surface area (Å²) in [5, 5.41) is 19.9. The molecule has 23 heavy (non-hydrogen) atoms. The second-order valence-corrected chi connectivity index (χ2v) is 6.17. The summed E-state index contributed by atoms with van der Waals surface area (Å²) in [6, 6.07) is 17.3. The Balaban J connectivity index is 1.47. The minimum absolute atomic E-state index is 0.326. The van der Waals surface area contributed by atoms with Crippen molar-refractivity contribution in [3.8, 4) is 5.75 Å². The van der Waals surface area contributed by atoms with Crippen molar-refractivity contribution in [1.29, 1.82) is 0 Å². The Morgan fingerprint density at radius 3 is 2.26 bits per heavy atom. The number of rotatable bonds is 5. The van der Waals surface area contributed by atoms with E-state index in [9.17, 15) is 10.2 Å². The number of aromatic hydroxyl groups is 1. The van der Waals surface area contributed by atoms with E-state index in [0.29, 0.717) is 12.3 Å². The van der Waals surface area contributed by atoms with Gasteiger partial charge >= 0.3 is 0 Å². The van der Waals surface area contributed by atoms with Crippen molar-refractivity contribution in [1.82, 2.24) is 9.80 Å². The summed E-state index contributed by atoms with van der Waals surface area (Å²) in [6.07, 6.45) is -0.422. The van der Waals surface area contributed by atoms with Gasteiger partial charge in [-0.3, -0.25) is 9.80 Å². The molecule has 0 aliphatic carbocycles. The molecule has 1 aliphatic rings. The Morgan fingerprint density at radius 2 is 1.57 bits per heavy atom. The van der Waals surface area contributed by atoms with Crippen LogP contribution >= 0.6 is 0 Å². The summed E-state index contributed by atoms with van der Waals surface area (Å²) in [4.78, 5) is 4.71. The number of β-amino-alcohol motifs (C(OH)–C–C–N with tert-alkyl or cyclic N) is 1. The van der Waals surface area contributed by atoms with Crippen LogP contribution in [0.25, 0.3) is 0 Å². The fourth-order valence-corrected chi connectivity index (χ4v) is 3.07. The molecule has 1 atom stereocenters. The van der Waals surface area contributed by atoms with E-state index in [2.05, 4.69) is 9.80 Å². The molecule has 122 valence electrons. The second-order valence-electron chi connectivity index (χ2n) is 6.17. The smallest absolute Gasteiger partial charge is 0.115 e. The van der Waals surface area contributed by atoms with E-state index >= 15 is 0 Å². The lowest BCUT2D eigenvalue weighted by Crippen LogP contribution is -2.47. The molecule has 2 N–H and O–H groups in total. The van der Waals surface area contributed by atoms with E-state index in [1.807, 2.05) is 48.5 Å². The standard InChI is InChI=1S/C19H24N2O2/c22-18-8-4-5-16(13-18)14-20-9-11-21(12-10-20)15-19(23)17-6-2-1-3-7-17/h1-8,13,19,22-23H,9-12,14-15H2. The van der Waals surface area contributed by atoms with Crippen LogP contribution in [0.4, 0.5) is 0 Å². The summed E-state index contributed by atoms with van der Waals surface area (Å²) < 4.78 is 0. The maximum Gasteiger partial charge on any atom is 0.115 e. The molecular formula is C19H24N2O2. The molecule has 2 aromatic rings. The molecule has 0 spiro atoms. The van der Waals surface area contributed by atoms with Gasteiger partial charge in [0.25, 0.3) is 0 Å². The van der Waals surface area contributed by atoms with Crippen molar-refractivity contribution in [2.75, 3.05) is 32.7 Å². The molecule has 4 heteroatoms. The van der Waals surface area contributed by atoms with Gasteiger partial charge in [0.15, 0.2) is 0 Å². The minimum Gasteiger partial charge on any atom is -0.508 e. The predicted octanol–water partition coefficient (Wildman–Crippen LogP) is 2.24. The molecule has 1 aliphatic heterocycles. The van der Waals surface area contributed by atoms with Crippen molar-refractivity contribution < 1.29 is 10.2 Å². The number of phenolic OH excluding ortho intramolecular Hbond substituents is 1. The van der Waals surface area contributed by atoms with Crippen molar-refractivity contribution in [3.63, 3.8) is 0 Å². The van der Waals surface area contributed by atoms with Crippen molar-refractivity contribution >= 4 is 0 Å². The van der Waals surface area contributed by atoms with Gasteiger partial charge in [0.1, 0.15) is 5.75 Å². The number of phenols is 1. The molecule has 0 saturated carbocycles. The average molecular weight is 312 g/mol. The molecule has 1 saturated heterocycles. The Bertz CT molecular complexity index is 610. The molecule has 0 aromatic heterocycles. The van der Waals surface area contributed by atoms with Gasteiger partial charge in [-0.25, -0.2) is 0 Å². The van der Waals surface area contributed by atoms with Crippen LogP contribution in [-0.4, -0.2) is 52.7 Å². The zero-order valence-electron chi connectivity index (χ0n) is 13.3. The molecule has 3 rings (SSSR count). The van der Waals surface area contributed by atoms with Gasteiger partial charge in [0.05, 0.1) is 6.10 Å². The van der Waals surface area contributed by atoms with E-state index < -0.39 is 6.10 Å². The quantitative estimate of drug-likeness (QED) is 0.889. The van der Waals surface area contributed by atoms with E-state index in [0.717, 1.165) is 43.9 Å². The normalized spacial score (nSPS) is 18.0. The van der Waals surface area contributed by atoms with Crippen LogP contribution in [0.2, 0.25) is 0 Å². The van der Waals surface area contributed by atoms with Gasteiger partial charge in [0.2, 0.25) is 0 Å². The van der Waals surface area contributed by atoms with Crippen LogP contribution in [0.5, 0.6) is 5.75 Å². The monoisotopic (exact) mass is 312 g/mol. The molecule has 0 radical (unpaired) electrons. The number of aliphatic hydroxyl groups is 1. The van der Waals surface area contributed by atoms with Gasteiger partial charge in [-0.15, -0.1) is 0 Å². The summed E-state index contributed by atoms with van der Waals surface area (Å²) in [6.45, 7) is 5.44. The Labute approximate surface area is 137 Å². The maximum atomic E-state index is 10.3. The third-order valence-corrected chi connectivity index (χ3v) is 4.40. The van der Waals surface area contributed by atoms with Crippen molar-refractivity contribution in [2.24, 2.45) is 0 Å². The number of nitrogens with zero attached hydrogens (tertiary/aromatic N) is 2. The molecular weight excluding hydrogens is 288 g/mol. The lowest BCUT2D eigenvalue weighted by atomic mass is 10.1. The molecule has 1 heterocycles. The van der Waals surface area contributed by atoms with Gasteiger partial charge in [-0.2, -0.15) is 0 Å². The molecule has 1 unspecified atom stereocenters. The fraction of sp³-hybridized carbons (Fsp3) is 0.368. The van der Waals surface area contributed by atoms with Crippen LogP contribution in [0, 0.1) is 0 Å². The van der Waals surface area contributed by atoms with Crippen LogP contribution in [0.3, 0.4) is 0 Å². The number of piperazine rings is 1. The van der Waals surface area contributed by atoms with Crippen LogP contribution in [-0.2, 0) is 6.54 Å². The zero-order chi connectivity index (χ0) is 16.1. The summed E-state index contributed by atoms with van der Waals surface area (Å²) in [5.41, 5.74) is 2.12. The topological polar surface area (TPSA) is 46.9 Å². The zero-order valence-corrected chi connectivity index (χ0v) is 13.3. The van der Waals surface area contributed by atoms with Crippen molar-refractivity contribution in [3.05, 3.63) is 65.7 Å². The summed E-state index contributed by atoms with van der Waals surface area (Å²) >= 11 is 0. The van der Waals surface area contributed by atoms with E-state index in [1.54, 1.807) is 6.07 Å². The first-order chi connectivity index (χ1) is 11.2. The highest BCUT2D eigenvalue weighted by Crippen LogP contribution is 2.17. The lowest BCUT2D eigenvalue weighted by molar-refractivity contribution is 0.0701. The van der Waals surface area contributed by atoms with Crippen LogP contribution in [0.1, 0.15) is 17.2 Å². The van der Waals surface area contributed by atoms with Gasteiger partial charge < -0.3 is 10.2 Å². The predicted molar refractivity (Wildman–Crippen MR) is 91.2 cm³/mol. The van der Waals surface area contributed by atoms with Crippen LogP contribution in [0.15, 0.2) is 54.6 Å². The average Bonchev–Trinajstić information content (AvgIpc) is 2.57. The maximum absolute atomic E-state index is 10.3. The fourth-order valence-electron chi connectivity index (χ4n) is 3.07. The molecule has 0 amide bonds. The molecule has 0 bridgehead atoms. The number of aliphatic hydroxyl groups excluding tert-OH is 1. The highest BCUT2D eigenvalue weighted by molar-refractivity contribution is 5.27. The SMILES string of the molecule is Oc1cccc(CN2CCN(CC(O)c3ccccc3)CC2)c1. The second kappa shape index (κ2) is 7.59. The first kappa shape index (κ1) is 16.0. The minimum atomic E-state index is -0.422. The number of hydrogen-bond donors (Lipinski definition) is 2. The van der Waals surface area contributed by atoms with Crippen LogP contribution < -0.4 is 0 Å². The largest absolute Gasteiger partial charge is 0.508 e. The summed E-state index contributed by atoms with van der Waals surface area (Å²) in [5.74, 6) is 0.326. The van der Waals surface area contributed by atoms with Gasteiger partial charge in [0, 0.05) is 39.3 Å². The summed E-state index contributed by atoms with van der Waals surface area (Å²) in [7, 11) is 0. The number of hydrogen-bond acceptors (Lipinski definition) is 4. The first-order valence-electron chi connectivity index (χ1n) is 8.16. The molecule has 2 aromatic carbocycles. The van der Waals surface area contributed by atoms with Gasteiger partial charge in [-0.1, -0.05) is 42.5 Å². The molecule has 1 fully saturated rings. The first-order valence-corrected chi connectivity index (χ1v) is 8.16. The van der Waals surface area contributed by atoms with E-state index in [4.69, 9.17) is 0 Å². The Hall–Kier alpha value is -1.88. The Kier molecular flexibility index (Phi) is 5.28. The van der Waals surface area contributed by atoms with E-state index in [1.165, 1.54) is 0 Å². The highest BCUT2D eigenvalue weighted by Gasteiger charge is 2.19.